The number of benzene rings is 3. The van der Waals surface area contributed by atoms with E-state index in [9.17, 15) is 13.6 Å². The minimum atomic E-state index is -0.657. The van der Waals surface area contributed by atoms with Crippen LogP contribution in [0.5, 0.6) is 5.75 Å². The highest BCUT2D eigenvalue weighted by Gasteiger charge is 2.18. The molecule has 1 amide bonds. The number of rotatable bonds is 10. The number of ether oxygens (including phenoxy) is 1. The van der Waals surface area contributed by atoms with Gasteiger partial charge in [-0.15, -0.1) is 0 Å². The third kappa shape index (κ3) is 7.62. The van der Waals surface area contributed by atoms with Crippen LogP contribution in [-0.4, -0.2) is 81.7 Å². The van der Waals surface area contributed by atoms with Crippen molar-refractivity contribution in [1.82, 2.24) is 9.80 Å². The Hall–Kier alpha value is -4.41. The topological polar surface area (TPSA) is 81.6 Å². The summed E-state index contributed by atoms with van der Waals surface area (Å²) < 4.78 is 34.0. The summed E-state index contributed by atoms with van der Waals surface area (Å²) in [5.74, 6) is -0.810. The number of amides is 1. The molecule has 41 heavy (non-hydrogen) atoms. The van der Waals surface area contributed by atoms with Gasteiger partial charge in [-0.3, -0.25) is 19.7 Å². The summed E-state index contributed by atoms with van der Waals surface area (Å²) in [6.45, 7) is 12.4. The summed E-state index contributed by atoms with van der Waals surface area (Å²) in [5, 5.41) is 6.06. The molecule has 3 aromatic carbocycles. The Labute approximate surface area is 239 Å². The average Bonchev–Trinajstić information content (AvgIpc) is 2.97. The normalized spacial score (nSPS) is 14.4. The van der Waals surface area contributed by atoms with Crippen LogP contribution in [0.3, 0.4) is 0 Å². The number of likely N-dealkylation sites (N-methyl/N-ethyl adjacent to an activating group) is 1. The van der Waals surface area contributed by atoms with Crippen molar-refractivity contribution >= 4 is 35.5 Å². The van der Waals surface area contributed by atoms with Crippen molar-refractivity contribution in [1.29, 1.82) is 0 Å². The van der Waals surface area contributed by atoms with E-state index in [0.29, 0.717) is 46.4 Å². The SMILES string of the molecule is C=CC(=O)Nc1cc(/C(=N\C)Nc2cccc(-c3ccc(F)cc3F)c2)c(N=C)cc1OCCN1CCN(C)CC1. The Bertz CT molecular complexity index is 1450. The number of anilines is 2. The monoisotopic (exact) mass is 560 g/mol. The van der Waals surface area contributed by atoms with Gasteiger partial charge in [-0.05, 0) is 55.7 Å². The van der Waals surface area contributed by atoms with Crippen LogP contribution in [0.25, 0.3) is 11.1 Å². The standard InChI is InChI=1S/C31H34F2N6O2/c1-5-30(40)37-28-19-25(27(34-2)20-29(28)41-16-15-39-13-11-38(4)12-14-39)31(35-3)36-23-8-6-7-21(17-23)24-10-9-22(32)18-26(24)33/h5-10,17-20H,1-2,11-16H2,3-4H3,(H,35,36)(H,37,40). The van der Waals surface area contributed by atoms with Gasteiger partial charge in [0.05, 0.1) is 11.4 Å². The van der Waals surface area contributed by atoms with Crippen molar-refractivity contribution in [3.8, 4) is 16.9 Å². The van der Waals surface area contributed by atoms with Gasteiger partial charge in [0, 0.05) is 68.7 Å². The van der Waals surface area contributed by atoms with Crippen LogP contribution in [0.15, 0.2) is 77.2 Å². The Kier molecular flexibility index (Phi) is 9.94. The van der Waals surface area contributed by atoms with Gasteiger partial charge in [-0.25, -0.2) is 8.78 Å². The van der Waals surface area contributed by atoms with Gasteiger partial charge in [0.15, 0.2) is 0 Å². The molecule has 1 fully saturated rings. The summed E-state index contributed by atoms with van der Waals surface area (Å²) >= 11 is 0. The molecule has 0 radical (unpaired) electrons. The molecule has 4 rings (SSSR count). The summed E-state index contributed by atoms with van der Waals surface area (Å²) in [5.41, 5.74) is 2.93. The second-order valence-electron chi connectivity index (χ2n) is 9.61. The molecule has 0 unspecified atom stereocenters. The molecule has 0 bridgehead atoms. The molecule has 0 aliphatic carbocycles. The van der Waals surface area contributed by atoms with E-state index in [1.165, 1.54) is 18.2 Å². The molecular formula is C31H34F2N6O2. The van der Waals surface area contributed by atoms with Gasteiger partial charge in [-0.2, -0.15) is 0 Å². The van der Waals surface area contributed by atoms with E-state index >= 15 is 0 Å². The number of hydrogen-bond acceptors (Lipinski definition) is 6. The van der Waals surface area contributed by atoms with Crippen LogP contribution in [-0.2, 0) is 4.79 Å². The molecule has 1 saturated heterocycles. The van der Waals surface area contributed by atoms with Gasteiger partial charge in [0.1, 0.15) is 29.8 Å². The van der Waals surface area contributed by atoms with Gasteiger partial charge in [-0.1, -0.05) is 18.7 Å². The van der Waals surface area contributed by atoms with E-state index in [0.717, 1.165) is 38.8 Å². The molecular weight excluding hydrogens is 526 g/mol. The third-order valence-electron chi connectivity index (χ3n) is 6.82. The number of amidine groups is 1. The number of aliphatic imine (C=N–C) groups is 2. The fourth-order valence-corrected chi connectivity index (χ4v) is 4.52. The molecule has 8 nitrogen and oxygen atoms in total. The number of piperazine rings is 1. The number of halogens is 2. The highest BCUT2D eigenvalue weighted by Crippen LogP contribution is 2.35. The highest BCUT2D eigenvalue weighted by molar-refractivity contribution is 6.13. The lowest BCUT2D eigenvalue weighted by molar-refractivity contribution is -0.111. The van der Waals surface area contributed by atoms with Crippen LogP contribution in [0.2, 0.25) is 0 Å². The summed E-state index contributed by atoms with van der Waals surface area (Å²) in [6, 6.07) is 13.9. The smallest absolute Gasteiger partial charge is 0.247 e. The fourth-order valence-electron chi connectivity index (χ4n) is 4.52. The number of nitrogens with zero attached hydrogens (tertiary/aromatic N) is 4. The number of carbonyl (C=O) groups is 1. The van der Waals surface area contributed by atoms with Gasteiger partial charge < -0.3 is 20.3 Å². The summed E-state index contributed by atoms with van der Waals surface area (Å²) in [4.78, 5) is 25.5. The zero-order chi connectivity index (χ0) is 29.4. The van der Waals surface area contributed by atoms with Crippen molar-refractivity contribution < 1.29 is 18.3 Å². The maximum atomic E-state index is 14.4. The molecule has 0 saturated carbocycles. The summed E-state index contributed by atoms with van der Waals surface area (Å²) in [7, 11) is 3.72. The zero-order valence-corrected chi connectivity index (χ0v) is 23.3. The predicted molar refractivity (Wildman–Crippen MR) is 162 cm³/mol. The fraction of sp³-hybridized carbons (Fsp3) is 0.258. The molecule has 0 atom stereocenters. The largest absolute Gasteiger partial charge is 0.490 e. The van der Waals surface area contributed by atoms with Crippen molar-refractivity contribution in [3.05, 3.63) is 84.5 Å². The van der Waals surface area contributed by atoms with Crippen molar-refractivity contribution in [2.45, 2.75) is 0 Å². The first-order valence-electron chi connectivity index (χ1n) is 13.2. The van der Waals surface area contributed by atoms with Gasteiger partial charge >= 0.3 is 0 Å². The van der Waals surface area contributed by atoms with E-state index in [4.69, 9.17) is 4.74 Å². The molecule has 0 spiro atoms. The minimum Gasteiger partial charge on any atom is -0.490 e. The van der Waals surface area contributed by atoms with E-state index < -0.39 is 17.5 Å². The Morgan fingerprint density at radius 2 is 1.85 bits per heavy atom. The molecule has 1 heterocycles. The second-order valence-corrected chi connectivity index (χ2v) is 9.61. The Balaban J connectivity index is 1.59. The van der Waals surface area contributed by atoms with Gasteiger partial charge in [0.2, 0.25) is 5.91 Å². The Morgan fingerprint density at radius 3 is 2.54 bits per heavy atom. The molecule has 0 aromatic heterocycles. The minimum absolute atomic E-state index is 0.269. The maximum absolute atomic E-state index is 14.4. The van der Waals surface area contributed by atoms with Crippen molar-refractivity contribution in [3.63, 3.8) is 0 Å². The van der Waals surface area contributed by atoms with Gasteiger partial charge in [0.25, 0.3) is 0 Å². The Morgan fingerprint density at radius 1 is 1.07 bits per heavy atom. The van der Waals surface area contributed by atoms with Crippen LogP contribution in [0, 0.1) is 11.6 Å². The van der Waals surface area contributed by atoms with E-state index in [-0.39, 0.29) is 5.56 Å². The van der Waals surface area contributed by atoms with E-state index in [1.54, 1.807) is 43.4 Å². The molecule has 1 aliphatic heterocycles. The second kappa shape index (κ2) is 13.8. The first-order valence-corrected chi connectivity index (χ1v) is 13.2. The maximum Gasteiger partial charge on any atom is 0.247 e. The quantitative estimate of drug-likeness (QED) is 0.202. The van der Waals surface area contributed by atoms with Crippen molar-refractivity contribution in [2.24, 2.45) is 9.98 Å². The highest BCUT2D eigenvalue weighted by atomic mass is 19.1. The lowest BCUT2D eigenvalue weighted by Gasteiger charge is -2.32. The first-order chi connectivity index (χ1) is 19.8. The molecule has 2 N–H and O–H groups in total. The van der Waals surface area contributed by atoms with Crippen LogP contribution < -0.4 is 15.4 Å². The first kappa shape index (κ1) is 29.6. The van der Waals surface area contributed by atoms with Crippen LogP contribution in [0.1, 0.15) is 5.56 Å². The van der Waals surface area contributed by atoms with Crippen LogP contribution in [0.4, 0.5) is 25.8 Å². The number of nitrogens with one attached hydrogen (secondary N) is 2. The number of carbonyl (C=O) groups excluding carboxylic acids is 1. The average molecular weight is 561 g/mol. The van der Waals surface area contributed by atoms with Crippen molar-refractivity contribution in [2.75, 3.05) is 64.1 Å². The predicted octanol–water partition coefficient (Wildman–Crippen LogP) is 5.20. The molecule has 3 aromatic rings. The van der Waals surface area contributed by atoms with E-state index in [2.05, 4.69) is 50.8 Å². The number of hydrogen-bond donors (Lipinski definition) is 2. The van der Waals surface area contributed by atoms with Crippen LogP contribution >= 0.6 is 0 Å². The third-order valence-corrected chi connectivity index (χ3v) is 6.82. The lowest BCUT2D eigenvalue weighted by atomic mass is 10.0. The molecule has 214 valence electrons. The molecule has 10 heteroatoms. The zero-order valence-electron chi connectivity index (χ0n) is 23.3. The van der Waals surface area contributed by atoms with E-state index in [1.807, 2.05) is 0 Å². The molecule has 1 aliphatic rings. The lowest BCUT2D eigenvalue weighted by Crippen LogP contribution is -2.45. The summed E-state index contributed by atoms with van der Waals surface area (Å²) in [6.07, 6.45) is 1.18.